The number of nitrogens with zero attached hydrogens (tertiary/aromatic N) is 2. The van der Waals surface area contributed by atoms with Crippen LogP contribution >= 0.6 is 0 Å². The fourth-order valence-electron chi connectivity index (χ4n) is 3.81. The number of carbonyl (C=O) groups excluding carboxylic acids is 1. The summed E-state index contributed by atoms with van der Waals surface area (Å²) in [5, 5.41) is 3.10. The highest BCUT2D eigenvalue weighted by Crippen LogP contribution is 2.24. The second-order valence-electron chi connectivity index (χ2n) is 7.09. The quantitative estimate of drug-likeness (QED) is 0.896. The summed E-state index contributed by atoms with van der Waals surface area (Å²) in [6.45, 7) is 5.31. The Kier molecular flexibility index (Phi) is 5.99. The van der Waals surface area contributed by atoms with Crippen molar-refractivity contribution in [3.8, 4) is 0 Å². The first-order chi connectivity index (χ1) is 12.5. The molecule has 0 aliphatic carbocycles. The molecule has 1 aliphatic rings. The van der Waals surface area contributed by atoms with Gasteiger partial charge in [-0.25, -0.2) is 4.39 Å². The van der Waals surface area contributed by atoms with Gasteiger partial charge in [0.25, 0.3) is 0 Å². The van der Waals surface area contributed by atoms with Gasteiger partial charge in [-0.2, -0.15) is 0 Å². The van der Waals surface area contributed by atoms with Crippen LogP contribution in [0.1, 0.15) is 36.6 Å². The summed E-state index contributed by atoms with van der Waals surface area (Å²) < 4.78 is 13.6. The molecule has 0 radical (unpaired) electrons. The predicted octanol–water partition coefficient (Wildman–Crippen LogP) is 3.24. The zero-order chi connectivity index (χ0) is 18.5. The lowest BCUT2D eigenvalue weighted by Gasteiger charge is -2.41. The van der Waals surface area contributed by atoms with E-state index in [4.69, 9.17) is 0 Å². The maximum absolute atomic E-state index is 13.6. The number of hydrogen-bond donors (Lipinski definition) is 1. The highest BCUT2D eigenvalue weighted by Gasteiger charge is 2.32. The van der Waals surface area contributed by atoms with E-state index < -0.39 is 0 Å². The molecule has 1 aromatic carbocycles. The standard InChI is InChI=1S/C21H26FN3O/c1-15-6-4-10-23-20(15)14-25-11-5-9-19(24-16(2)26)21(25)13-17-7-3-8-18(22)12-17/h3-4,6-8,10,12,19,21H,5,9,11,13-14H2,1-2H3,(H,24,26)/t19-,21-/m0/s1. The van der Waals surface area contributed by atoms with E-state index in [-0.39, 0.29) is 23.8 Å². The van der Waals surface area contributed by atoms with Gasteiger partial charge in [0.05, 0.1) is 5.69 Å². The molecule has 1 N–H and O–H groups in total. The number of likely N-dealkylation sites (tertiary alicyclic amines) is 1. The molecule has 2 heterocycles. The first-order valence-electron chi connectivity index (χ1n) is 9.19. The van der Waals surface area contributed by atoms with Crippen molar-refractivity contribution in [3.05, 3.63) is 65.2 Å². The Morgan fingerprint density at radius 3 is 2.92 bits per heavy atom. The van der Waals surface area contributed by atoms with Crippen molar-refractivity contribution in [2.24, 2.45) is 0 Å². The Labute approximate surface area is 154 Å². The monoisotopic (exact) mass is 355 g/mol. The predicted molar refractivity (Wildman–Crippen MR) is 100 cm³/mol. The Morgan fingerprint density at radius 2 is 2.19 bits per heavy atom. The summed E-state index contributed by atoms with van der Waals surface area (Å²) in [5.74, 6) is -0.239. The summed E-state index contributed by atoms with van der Waals surface area (Å²) in [4.78, 5) is 18.6. The Morgan fingerprint density at radius 1 is 1.35 bits per heavy atom. The number of halogens is 1. The van der Waals surface area contributed by atoms with E-state index in [0.717, 1.165) is 37.2 Å². The highest BCUT2D eigenvalue weighted by atomic mass is 19.1. The molecule has 1 fully saturated rings. The molecule has 0 spiro atoms. The zero-order valence-electron chi connectivity index (χ0n) is 15.4. The van der Waals surface area contributed by atoms with Crippen LogP contribution in [-0.2, 0) is 17.8 Å². The molecule has 5 heteroatoms. The van der Waals surface area contributed by atoms with Gasteiger partial charge in [0.15, 0.2) is 0 Å². The van der Waals surface area contributed by atoms with E-state index in [1.165, 1.54) is 11.6 Å². The van der Waals surface area contributed by atoms with Gasteiger partial charge in [-0.3, -0.25) is 14.7 Å². The fraction of sp³-hybridized carbons (Fsp3) is 0.429. The second-order valence-corrected chi connectivity index (χ2v) is 7.09. The molecular formula is C21H26FN3O. The highest BCUT2D eigenvalue weighted by molar-refractivity contribution is 5.73. The first kappa shape index (κ1) is 18.5. The molecule has 1 aromatic heterocycles. The van der Waals surface area contributed by atoms with Crippen LogP contribution in [0.2, 0.25) is 0 Å². The SMILES string of the molecule is CC(=O)N[C@H]1CCCN(Cc2ncccc2C)[C@H]1Cc1cccc(F)c1. The van der Waals surface area contributed by atoms with Crippen LogP contribution in [0.5, 0.6) is 0 Å². The summed E-state index contributed by atoms with van der Waals surface area (Å²) in [7, 11) is 0. The summed E-state index contributed by atoms with van der Waals surface area (Å²) in [5.41, 5.74) is 3.17. The molecule has 2 aromatic rings. The topological polar surface area (TPSA) is 45.2 Å². The summed E-state index contributed by atoms with van der Waals surface area (Å²) >= 11 is 0. The van der Waals surface area contributed by atoms with Crippen molar-refractivity contribution in [3.63, 3.8) is 0 Å². The van der Waals surface area contributed by atoms with Crippen molar-refractivity contribution in [1.29, 1.82) is 0 Å². The number of aromatic nitrogens is 1. The van der Waals surface area contributed by atoms with Gasteiger partial charge in [0.2, 0.25) is 5.91 Å². The van der Waals surface area contributed by atoms with Crippen molar-refractivity contribution < 1.29 is 9.18 Å². The molecule has 1 amide bonds. The largest absolute Gasteiger partial charge is 0.352 e. The van der Waals surface area contributed by atoms with Crippen molar-refractivity contribution in [2.75, 3.05) is 6.54 Å². The van der Waals surface area contributed by atoms with Gasteiger partial charge in [0, 0.05) is 31.7 Å². The minimum atomic E-state index is -0.221. The van der Waals surface area contributed by atoms with Crippen LogP contribution in [0.4, 0.5) is 4.39 Å². The average Bonchev–Trinajstić information content (AvgIpc) is 2.59. The summed E-state index contributed by atoms with van der Waals surface area (Å²) in [6, 6.07) is 10.9. The van der Waals surface area contributed by atoms with Gasteiger partial charge in [0.1, 0.15) is 5.82 Å². The van der Waals surface area contributed by atoms with Crippen LogP contribution in [0.25, 0.3) is 0 Å². The number of aryl methyl sites for hydroxylation is 1. The Bertz CT molecular complexity index is 764. The zero-order valence-corrected chi connectivity index (χ0v) is 15.4. The lowest BCUT2D eigenvalue weighted by molar-refractivity contribution is -0.120. The number of nitrogens with one attached hydrogen (secondary N) is 1. The van der Waals surface area contributed by atoms with Gasteiger partial charge in [-0.15, -0.1) is 0 Å². The van der Waals surface area contributed by atoms with Gasteiger partial charge in [-0.05, 0) is 62.1 Å². The molecule has 26 heavy (non-hydrogen) atoms. The maximum Gasteiger partial charge on any atom is 0.217 e. The smallest absolute Gasteiger partial charge is 0.217 e. The van der Waals surface area contributed by atoms with E-state index in [9.17, 15) is 9.18 Å². The lowest BCUT2D eigenvalue weighted by Crippen LogP contribution is -2.55. The number of piperidine rings is 1. The minimum absolute atomic E-state index is 0.0184. The van der Waals surface area contributed by atoms with Crippen LogP contribution in [0, 0.1) is 12.7 Å². The average molecular weight is 355 g/mol. The molecule has 3 rings (SSSR count). The fourth-order valence-corrected chi connectivity index (χ4v) is 3.81. The van der Waals surface area contributed by atoms with E-state index in [2.05, 4.69) is 28.2 Å². The van der Waals surface area contributed by atoms with Crippen molar-refractivity contribution >= 4 is 5.91 Å². The van der Waals surface area contributed by atoms with Crippen molar-refractivity contribution in [1.82, 2.24) is 15.2 Å². The molecule has 4 nitrogen and oxygen atoms in total. The Balaban J connectivity index is 1.84. The molecule has 0 unspecified atom stereocenters. The van der Waals surface area contributed by atoms with Crippen LogP contribution in [0.15, 0.2) is 42.6 Å². The second kappa shape index (κ2) is 8.41. The maximum atomic E-state index is 13.6. The van der Waals surface area contributed by atoms with Crippen LogP contribution < -0.4 is 5.32 Å². The number of hydrogen-bond acceptors (Lipinski definition) is 3. The van der Waals surface area contributed by atoms with E-state index in [1.54, 1.807) is 19.1 Å². The van der Waals surface area contributed by atoms with Gasteiger partial charge in [-0.1, -0.05) is 18.2 Å². The number of pyridine rings is 1. The van der Waals surface area contributed by atoms with Crippen LogP contribution in [-0.4, -0.2) is 34.4 Å². The third-order valence-electron chi connectivity index (χ3n) is 5.09. The van der Waals surface area contributed by atoms with Crippen molar-refractivity contribution in [2.45, 2.75) is 51.7 Å². The number of carbonyl (C=O) groups is 1. The molecule has 0 saturated carbocycles. The number of benzene rings is 1. The third-order valence-corrected chi connectivity index (χ3v) is 5.09. The van der Waals surface area contributed by atoms with Gasteiger partial charge < -0.3 is 5.32 Å². The van der Waals surface area contributed by atoms with E-state index >= 15 is 0 Å². The van der Waals surface area contributed by atoms with E-state index in [0.29, 0.717) is 6.42 Å². The molecule has 1 aliphatic heterocycles. The van der Waals surface area contributed by atoms with Crippen LogP contribution in [0.3, 0.4) is 0 Å². The first-order valence-corrected chi connectivity index (χ1v) is 9.19. The lowest BCUT2D eigenvalue weighted by atomic mass is 9.90. The molecule has 2 atom stereocenters. The van der Waals surface area contributed by atoms with E-state index in [1.807, 2.05) is 18.3 Å². The number of amides is 1. The third kappa shape index (κ3) is 4.67. The Hall–Kier alpha value is -2.27. The normalized spacial score (nSPS) is 20.7. The molecular weight excluding hydrogens is 329 g/mol. The molecule has 0 bridgehead atoms. The minimum Gasteiger partial charge on any atom is -0.352 e. The molecule has 1 saturated heterocycles. The summed E-state index contributed by atoms with van der Waals surface area (Å²) in [6.07, 6.45) is 4.49. The number of rotatable bonds is 5. The molecule has 138 valence electrons. The van der Waals surface area contributed by atoms with Gasteiger partial charge >= 0.3 is 0 Å².